The summed E-state index contributed by atoms with van der Waals surface area (Å²) >= 11 is 0. The van der Waals surface area contributed by atoms with Crippen molar-refractivity contribution in [3.05, 3.63) is 24.3 Å². The first-order valence-electron chi connectivity index (χ1n) is 36.6. The molecule has 0 aliphatic carbocycles. The van der Waals surface area contributed by atoms with Gasteiger partial charge in [-0.1, -0.05) is 346 Å². The van der Waals surface area contributed by atoms with E-state index < -0.39 is 12.1 Å². The van der Waals surface area contributed by atoms with E-state index in [1.807, 2.05) is 0 Å². The third kappa shape index (κ3) is 65.5. The van der Waals surface area contributed by atoms with E-state index in [1.165, 1.54) is 334 Å². The monoisotopic (exact) mass is 1130 g/mol. The summed E-state index contributed by atoms with van der Waals surface area (Å²) in [5, 5.41) is 23.4. The highest BCUT2D eigenvalue weighted by Crippen LogP contribution is 2.19. The number of hydrogen-bond donors (Lipinski definition) is 3. The molecule has 0 spiro atoms. The highest BCUT2D eigenvalue weighted by molar-refractivity contribution is 5.76. The van der Waals surface area contributed by atoms with Crippen molar-refractivity contribution in [3.8, 4) is 0 Å². The number of unbranched alkanes of at least 4 members (excludes halogenated alkanes) is 54. The lowest BCUT2D eigenvalue weighted by Gasteiger charge is -2.22. The quantitative estimate of drug-likeness (QED) is 0.0320. The van der Waals surface area contributed by atoms with Crippen molar-refractivity contribution in [2.24, 2.45) is 0 Å². The van der Waals surface area contributed by atoms with E-state index in [0.717, 1.165) is 44.9 Å². The average molecular weight is 1130 g/mol. The number of aliphatic hydroxyl groups is 2. The predicted octanol–water partition coefficient (Wildman–Crippen LogP) is 23.7. The van der Waals surface area contributed by atoms with Gasteiger partial charge in [-0.15, -0.1) is 0 Å². The molecule has 1 amide bonds. The summed E-state index contributed by atoms with van der Waals surface area (Å²) in [5.41, 5.74) is 0. The van der Waals surface area contributed by atoms with E-state index in [0.29, 0.717) is 25.9 Å². The normalized spacial score (nSPS) is 12.6. The van der Waals surface area contributed by atoms with Crippen LogP contribution in [0.4, 0.5) is 0 Å². The van der Waals surface area contributed by atoms with Crippen LogP contribution in [0.1, 0.15) is 412 Å². The smallest absolute Gasteiger partial charge is 0.305 e. The minimum atomic E-state index is -0.668. The zero-order valence-corrected chi connectivity index (χ0v) is 54.3. The Morgan fingerprint density at radius 2 is 0.588 bits per heavy atom. The van der Waals surface area contributed by atoms with Gasteiger partial charge in [0.25, 0.3) is 0 Å². The van der Waals surface area contributed by atoms with Gasteiger partial charge in [-0.3, -0.25) is 9.59 Å². The van der Waals surface area contributed by atoms with Crippen LogP contribution in [-0.4, -0.2) is 47.4 Å². The maximum absolute atomic E-state index is 12.6. The van der Waals surface area contributed by atoms with Gasteiger partial charge in [-0.25, -0.2) is 0 Å². The number of aliphatic hydroxyl groups excluding tert-OH is 2. The Morgan fingerprint density at radius 1 is 0.338 bits per heavy atom. The Labute approximate surface area is 501 Å². The molecule has 6 heteroatoms. The number of rotatable bonds is 69. The predicted molar refractivity (Wildman–Crippen MR) is 352 cm³/mol. The molecule has 0 aliphatic rings. The highest BCUT2D eigenvalue weighted by Gasteiger charge is 2.20. The fourth-order valence-corrected chi connectivity index (χ4v) is 11.6. The van der Waals surface area contributed by atoms with Crippen molar-refractivity contribution in [2.45, 2.75) is 424 Å². The number of allylic oxidation sites excluding steroid dienone is 4. The number of hydrogen-bond acceptors (Lipinski definition) is 5. The van der Waals surface area contributed by atoms with Gasteiger partial charge in [0.15, 0.2) is 0 Å². The lowest BCUT2D eigenvalue weighted by Crippen LogP contribution is -2.45. The van der Waals surface area contributed by atoms with Crippen LogP contribution in [0.5, 0.6) is 0 Å². The van der Waals surface area contributed by atoms with Gasteiger partial charge in [-0.05, 0) is 77.0 Å². The molecule has 2 atom stereocenters. The Bertz CT molecular complexity index is 1250. The van der Waals surface area contributed by atoms with Gasteiger partial charge < -0.3 is 20.3 Å². The summed E-state index contributed by atoms with van der Waals surface area (Å²) in [6.45, 7) is 4.98. The van der Waals surface area contributed by atoms with Crippen LogP contribution in [0.25, 0.3) is 0 Å². The Morgan fingerprint density at radius 3 is 0.887 bits per heavy atom. The molecule has 474 valence electrons. The summed E-state index contributed by atoms with van der Waals surface area (Å²) in [7, 11) is 0. The second kappa shape index (κ2) is 69.8. The summed E-state index contributed by atoms with van der Waals surface area (Å²) in [6, 6.07) is -0.545. The summed E-state index contributed by atoms with van der Waals surface area (Å²) < 4.78 is 5.49. The highest BCUT2D eigenvalue weighted by atomic mass is 16.5. The van der Waals surface area contributed by atoms with Crippen LogP contribution < -0.4 is 5.32 Å². The van der Waals surface area contributed by atoms with Crippen molar-refractivity contribution in [3.63, 3.8) is 0 Å². The Balaban J connectivity index is 3.39. The molecule has 0 aromatic carbocycles. The lowest BCUT2D eigenvalue weighted by molar-refractivity contribution is -0.143. The minimum absolute atomic E-state index is 0.00651. The number of carbonyl (C=O) groups excluding carboxylic acids is 2. The summed E-state index contributed by atoms with van der Waals surface area (Å²) in [6.07, 6.45) is 88.0. The Kier molecular flexibility index (Phi) is 68.4. The maximum atomic E-state index is 12.6. The SMILES string of the molecule is CCCCCCCC/C=C\CCCCCCCC(=O)OCCCCCCCCCCCCCC/C=C\CCCCCCCCCCCC(=O)NC(CO)C(O)CCCCCCCCCCCCCCCCCCCCCCCCC. The summed E-state index contributed by atoms with van der Waals surface area (Å²) in [5.74, 6) is -0.0268. The van der Waals surface area contributed by atoms with Gasteiger partial charge in [0.05, 0.1) is 25.4 Å². The van der Waals surface area contributed by atoms with Gasteiger partial charge >= 0.3 is 5.97 Å². The van der Waals surface area contributed by atoms with Gasteiger partial charge in [0, 0.05) is 12.8 Å². The molecule has 0 bridgehead atoms. The fourth-order valence-electron chi connectivity index (χ4n) is 11.6. The first kappa shape index (κ1) is 78.3. The number of amides is 1. The van der Waals surface area contributed by atoms with Gasteiger partial charge in [0.2, 0.25) is 5.91 Å². The lowest BCUT2D eigenvalue weighted by atomic mass is 10.0. The van der Waals surface area contributed by atoms with E-state index in [2.05, 4.69) is 43.5 Å². The molecule has 3 N–H and O–H groups in total. The van der Waals surface area contributed by atoms with Crippen LogP contribution in [0.2, 0.25) is 0 Å². The van der Waals surface area contributed by atoms with E-state index in [9.17, 15) is 19.8 Å². The van der Waals surface area contributed by atoms with Crippen molar-refractivity contribution in [1.29, 1.82) is 0 Å². The van der Waals surface area contributed by atoms with Crippen molar-refractivity contribution in [2.75, 3.05) is 13.2 Å². The molecule has 0 saturated carbocycles. The molecular weight excluding hydrogens is 983 g/mol. The van der Waals surface area contributed by atoms with Crippen LogP contribution in [0.3, 0.4) is 0 Å². The van der Waals surface area contributed by atoms with E-state index in [1.54, 1.807) is 0 Å². The molecule has 0 aromatic rings. The minimum Gasteiger partial charge on any atom is -0.466 e. The van der Waals surface area contributed by atoms with Crippen LogP contribution >= 0.6 is 0 Å². The largest absolute Gasteiger partial charge is 0.466 e. The van der Waals surface area contributed by atoms with E-state index in [-0.39, 0.29) is 18.5 Å². The zero-order chi connectivity index (χ0) is 57.8. The molecule has 80 heavy (non-hydrogen) atoms. The number of esters is 1. The molecule has 0 aliphatic heterocycles. The van der Waals surface area contributed by atoms with Gasteiger partial charge in [-0.2, -0.15) is 0 Å². The number of carbonyl (C=O) groups is 2. The molecule has 0 radical (unpaired) electrons. The number of ether oxygens (including phenoxy) is 1. The first-order chi connectivity index (χ1) is 39.5. The average Bonchev–Trinajstić information content (AvgIpc) is 3.46. The molecule has 0 saturated heterocycles. The first-order valence-corrected chi connectivity index (χ1v) is 36.6. The van der Waals surface area contributed by atoms with Crippen molar-refractivity contribution in [1.82, 2.24) is 5.32 Å². The molecule has 2 unspecified atom stereocenters. The topological polar surface area (TPSA) is 95.9 Å². The van der Waals surface area contributed by atoms with Gasteiger partial charge in [0.1, 0.15) is 0 Å². The van der Waals surface area contributed by atoms with Crippen LogP contribution in [0.15, 0.2) is 24.3 Å². The third-order valence-corrected chi connectivity index (χ3v) is 17.2. The van der Waals surface area contributed by atoms with Crippen LogP contribution in [0, 0.1) is 0 Å². The molecule has 0 rings (SSSR count). The fraction of sp³-hybridized carbons (Fsp3) is 0.919. The third-order valence-electron chi connectivity index (χ3n) is 17.2. The molecule has 0 fully saturated rings. The molecule has 0 aromatic heterocycles. The van der Waals surface area contributed by atoms with Crippen LogP contribution in [-0.2, 0) is 14.3 Å². The molecular formula is C74H143NO5. The molecule has 6 nitrogen and oxygen atoms in total. The van der Waals surface area contributed by atoms with E-state index in [4.69, 9.17) is 4.74 Å². The maximum Gasteiger partial charge on any atom is 0.305 e. The standard InChI is InChI=1S/C74H143NO5/c1-3-5-7-9-11-13-15-17-19-20-21-22-26-29-32-35-39-42-46-50-54-58-62-66-72(77)71(70-76)75-73(78)67-63-59-55-51-47-43-40-36-33-30-27-24-23-25-28-31-34-37-41-45-49-53-57-61-65-69-80-74(79)68-64-60-56-52-48-44-38-18-16-14-12-10-8-6-4-2/h18,24,27,38,71-72,76-77H,3-17,19-23,25-26,28-37,39-70H2,1-2H3,(H,75,78)/b27-24-,38-18-. The zero-order valence-electron chi connectivity index (χ0n) is 54.3. The van der Waals surface area contributed by atoms with E-state index >= 15 is 0 Å². The second-order valence-electron chi connectivity index (χ2n) is 25.3. The summed E-state index contributed by atoms with van der Waals surface area (Å²) in [4.78, 5) is 24.6. The Hall–Kier alpha value is -1.66. The molecule has 0 heterocycles. The second-order valence-corrected chi connectivity index (χ2v) is 25.3. The van der Waals surface area contributed by atoms with Crippen molar-refractivity contribution >= 4 is 11.9 Å². The van der Waals surface area contributed by atoms with Crippen molar-refractivity contribution < 1.29 is 24.5 Å². The number of nitrogens with one attached hydrogen (secondary N) is 1.